The molecule has 0 fully saturated rings. The van der Waals surface area contributed by atoms with E-state index >= 15 is 0 Å². The van der Waals surface area contributed by atoms with Crippen LogP contribution in [0.4, 0.5) is 0 Å². The van der Waals surface area contributed by atoms with Crippen molar-refractivity contribution < 1.29 is 14.0 Å². The molecular weight excluding hydrogens is 220 g/mol. The van der Waals surface area contributed by atoms with Gasteiger partial charge in [0.2, 0.25) is 11.8 Å². The molecule has 1 aromatic heterocycles. The van der Waals surface area contributed by atoms with Gasteiger partial charge in [0, 0.05) is 26.1 Å². The van der Waals surface area contributed by atoms with Gasteiger partial charge in [-0.15, -0.1) is 0 Å². The Morgan fingerprint density at radius 2 is 2.12 bits per heavy atom. The van der Waals surface area contributed by atoms with Crippen LogP contribution in [-0.2, 0) is 9.59 Å². The van der Waals surface area contributed by atoms with E-state index < -0.39 is 0 Å². The van der Waals surface area contributed by atoms with E-state index in [0.717, 1.165) is 0 Å². The Kier molecular flexibility index (Phi) is 5.57. The molecule has 0 radical (unpaired) electrons. The lowest BCUT2D eigenvalue weighted by atomic mass is 10.3. The molecule has 0 saturated carbocycles. The first-order chi connectivity index (χ1) is 8.18. The Morgan fingerprint density at radius 1 is 1.35 bits per heavy atom. The van der Waals surface area contributed by atoms with Crippen molar-refractivity contribution in [2.75, 3.05) is 13.1 Å². The van der Waals surface area contributed by atoms with Gasteiger partial charge in [0.25, 0.3) is 0 Å². The van der Waals surface area contributed by atoms with Gasteiger partial charge in [-0.2, -0.15) is 0 Å². The molecule has 0 unspecified atom stereocenters. The Balaban J connectivity index is 2.11. The third-order valence-corrected chi connectivity index (χ3v) is 1.97. The number of rotatable bonds is 6. The van der Waals surface area contributed by atoms with Crippen LogP contribution in [0.2, 0.25) is 0 Å². The molecule has 0 atom stereocenters. The zero-order chi connectivity index (χ0) is 12.5. The summed E-state index contributed by atoms with van der Waals surface area (Å²) in [6, 6.07) is 3.52. The van der Waals surface area contributed by atoms with Crippen LogP contribution in [-0.4, -0.2) is 24.9 Å². The molecule has 0 bridgehead atoms. The first kappa shape index (κ1) is 13.0. The summed E-state index contributed by atoms with van der Waals surface area (Å²) >= 11 is 0. The molecule has 0 saturated heterocycles. The topological polar surface area (TPSA) is 71.3 Å². The summed E-state index contributed by atoms with van der Waals surface area (Å²) in [4.78, 5) is 21.9. The molecule has 5 heteroatoms. The van der Waals surface area contributed by atoms with Crippen molar-refractivity contribution in [1.29, 1.82) is 0 Å². The minimum atomic E-state index is -0.177. The van der Waals surface area contributed by atoms with Crippen molar-refractivity contribution in [1.82, 2.24) is 10.6 Å². The highest BCUT2D eigenvalue weighted by Gasteiger charge is 1.96. The number of nitrogens with one attached hydrogen (secondary N) is 2. The highest BCUT2D eigenvalue weighted by atomic mass is 16.3. The average molecular weight is 236 g/mol. The lowest BCUT2D eigenvalue weighted by Gasteiger charge is -2.02. The van der Waals surface area contributed by atoms with E-state index in [-0.39, 0.29) is 11.8 Å². The summed E-state index contributed by atoms with van der Waals surface area (Å²) in [5.41, 5.74) is 0. The lowest BCUT2D eigenvalue weighted by molar-refractivity contribution is -0.119. The van der Waals surface area contributed by atoms with Crippen LogP contribution in [0.15, 0.2) is 28.9 Å². The second-order valence-electron chi connectivity index (χ2n) is 3.48. The van der Waals surface area contributed by atoms with Crippen LogP contribution in [0, 0.1) is 0 Å². The second kappa shape index (κ2) is 7.27. The molecule has 92 valence electrons. The summed E-state index contributed by atoms with van der Waals surface area (Å²) in [6.45, 7) is 2.56. The minimum Gasteiger partial charge on any atom is -0.465 e. The van der Waals surface area contributed by atoms with Crippen LogP contribution in [0.25, 0.3) is 6.08 Å². The van der Waals surface area contributed by atoms with Gasteiger partial charge in [-0.1, -0.05) is 0 Å². The molecule has 0 aliphatic carbocycles. The standard InChI is InChI=1S/C12H16N2O3/c1-10(15)13-7-3-8-14-12(16)6-5-11-4-2-9-17-11/h2,4-6,9H,3,7-8H2,1H3,(H,13,15)(H,14,16)/b6-5+. The van der Waals surface area contributed by atoms with Crippen molar-refractivity contribution in [2.45, 2.75) is 13.3 Å². The molecule has 0 aliphatic rings. The minimum absolute atomic E-state index is 0.0611. The summed E-state index contributed by atoms with van der Waals surface area (Å²) in [5, 5.41) is 5.35. The van der Waals surface area contributed by atoms with E-state index in [2.05, 4.69) is 10.6 Å². The Morgan fingerprint density at radius 3 is 2.76 bits per heavy atom. The maximum Gasteiger partial charge on any atom is 0.244 e. The fraction of sp³-hybridized carbons (Fsp3) is 0.333. The molecule has 17 heavy (non-hydrogen) atoms. The van der Waals surface area contributed by atoms with E-state index in [1.165, 1.54) is 13.0 Å². The summed E-state index contributed by atoms with van der Waals surface area (Å²) in [7, 11) is 0. The van der Waals surface area contributed by atoms with Gasteiger partial charge in [0.15, 0.2) is 0 Å². The van der Waals surface area contributed by atoms with E-state index in [9.17, 15) is 9.59 Å². The van der Waals surface area contributed by atoms with E-state index in [1.54, 1.807) is 24.5 Å². The SMILES string of the molecule is CC(=O)NCCCNC(=O)/C=C/c1ccco1. The molecule has 1 aromatic rings. The third-order valence-electron chi connectivity index (χ3n) is 1.97. The zero-order valence-corrected chi connectivity index (χ0v) is 9.73. The number of carbonyl (C=O) groups is 2. The summed E-state index contributed by atoms with van der Waals surface area (Å²) in [6.07, 6.45) is 5.27. The van der Waals surface area contributed by atoms with Gasteiger partial charge in [-0.3, -0.25) is 9.59 Å². The Labute approximate surface area is 99.9 Å². The molecule has 1 heterocycles. The van der Waals surface area contributed by atoms with Crippen LogP contribution < -0.4 is 10.6 Å². The maximum absolute atomic E-state index is 11.3. The molecule has 2 N–H and O–H groups in total. The molecule has 0 spiro atoms. The second-order valence-corrected chi connectivity index (χ2v) is 3.48. The van der Waals surface area contributed by atoms with Crippen molar-refractivity contribution >= 4 is 17.9 Å². The molecule has 2 amide bonds. The number of hydrogen-bond acceptors (Lipinski definition) is 3. The maximum atomic E-state index is 11.3. The van der Waals surface area contributed by atoms with Gasteiger partial charge in [-0.05, 0) is 24.6 Å². The van der Waals surface area contributed by atoms with Crippen molar-refractivity contribution in [3.8, 4) is 0 Å². The van der Waals surface area contributed by atoms with Gasteiger partial charge < -0.3 is 15.1 Å². The van der Waals surface area contributed by atoms with Crippen LogP contribution in [0.1, 0.15) is 19.1 Å². The fourth-order valence-electron chi connectivity index (χ4n) is 1.17. The Hall–Kier alpha value is -2.04. The quantitative estimate of drug-likeness (QED) is 0.570. The number of furan rings is 1. The predicted molar refractivity (Wildman–Crippen MR) is 64.1 cm³/mol. The molecule has 1 rings (SSSR count). The number of amides is 2. The van der Waals surface area contributed by atoms with Crippen LogP contribution in [0.5, 0.6) is 0 Å². The summed E-state index contributed by atoms with van der Waals surface area (Å²) < 4.78 is 5.04. The molecule has 0 aliphatic heterocycles. The van der Waals surface area contributed by atoms with Crippen LogP contribution in [0.3, 0.4) is 0 Å². The third kappa shape index (κ3) is 6.19. The monoisotopic (exact) mass is 236 g/mol. The van der Waals surface area contributed by atoms with Gasteiger partial charge in [0.1, 0.15) is 5.76 Å². The van der Waals surface area contributed by atoms with Gasteiger partial charge >= 0.3 is 0 Å². The Bertz CT molecular complexity index is 382. The fourth-order valence-corrected chi connectivity index (χ4v) is 1.17. The predicted octanol–water partition coefficient (Wildman–Crippen LogP) is 0.935. The normalized spacial score (nSPS) is 10.4. The molecule has 0 aromatic carbocycles. The van der Waals surface area contributed by atoms with E-state index in [1.807, 2.05) is 0 Å². The molecule has 5 nitrogen and oxygen atoms in total. The number of carbonyl (C=O) groups excluding carboxylic acids is 2. The first-order valence-corrected chi connectivity index (χ1v) is 5.42. The van der Waals surface area contributed by atoms with E-state index in [0.29, 0.717) is 25.3 Å². The zero-order valence-electron chi connectivity index (χ0n) is 9.73. The highest BCUT2D eigenvalue weighted by molar-refractivity contribution is 5.91. The van der Waals surface area contributed by atoms with Crippen molar-refractivity contribution in [3.63, 3.8) is 0 Å². The summed E-state index contributed by atoms with van der Waals surface area (Å²) in [5.74, 6) is 0.400. The first-order valence-electron chi connectivity index (χ1n) is 5.42. The van der Waals surface area contributed by atoms with E-state index in [4.69, 9.17) is 4.42 Å². The van der Waals surface area contributed by atoms with Crippen molar-refractivity contribution in [3.05, 3.63) is 30.2 Å². The number of hydrogen-bond donors (Lipinski definition) is 2. The van der Waals surface area contributed by atoms with Crippen molar-refractivity contribution in [2.24, 2.45) is 0 Å². The smallest absolute Gasteiger partial charge is 0.244 e. The lowest BCUT2D eigenvalue weighted by Crippen LogP contribution is -2.27. The highest BCUT2D eigenvalue weighted by Crippen LogP contribution is 2.01. The largest absolute Gasteiger partial charge is 0.465 e. The van der Waals surface area contributed by atoms with Crippen LogP contribution >= 0.6 is 0 Å². The average Bonchev–Trinajstić information content (AvgIpc) is 2.78. The van der Waals surface area contributed by atoms with Gasteiger partial charge in [0.05, 0.1) is 6.26 Å². The van der Waals surface area contributed by atoms with Gasteiger partial charge in [-0.25, -0.2) is 0 Å². The molecular formula is C12H16N2O3.